The minimum absolute atomic E-state index is 0.336. The summed E-state index contributed by atoms with van der Waals surface area (Å²) in [6.45, 7) is 3.30. The van der Waals surface area contributed by atoms with Gasteiger partial charge >= 0.3 is 11.9 Å². The van der Waals surface area contributed by atoms with Gasteiger partial charge in [-0.15, -0.1) is 0 Å². The Bertz CT molecular complexity index is 650. The first-order chi connectivity index (χ1) is 10.2. The van der Waals surface area contributed by atoms with Gasteiger partial charge in [-0.3, -0.25) is 0 Å². The van der Waals surface area contributed by atoms with Crippen molar-refractivity contribution >= 4 is 18.0 Å². The van der Waals surface area contributed by atoms with E-state index in [1.54, 1.807) is 12.1 Å². The van der Waals surface area contributed by atoms with Gasteiger partial charge in [0, 0.05) is 12.2 Å². The molecule has 106 valence electrons. The number of carbonyl (C=O) groups excluding carboxylic acids is 2. The molecule has 5 heteroatoms. The van der Waals surface area contributed by atoms with Gasteiger partial charge in [-0.25, -0.2) is 9.59 Å². The van der Waals surface area contributed by atoms with Crippen LogP contribution in [0, 0.1) is 0 Å². The van der Waals surface area contributed by atoms with Gasteiger partial charge in [-0.05, 0) is 42.5 Å². The molecule has 21 heavy (non-hydrogen) atoms. The fourth-order valence-electron chi connectivity index (χ4n) is 1.42. The van der Waals surface area contributed by atoms with E-state index in [0.717, 1.165) is 6.08 Å². The number of hydrogen-bond donors (Lipinski definition) is 0. The van der Waals surface area contributed by atoms with E-state index in [4.69, 9.17) is 13.9 Å². The van der Waals surface area contributed by atoms with Crippen LogP contribution in [0.3, 0.4) is 0 Å². The van der Waals surface area contributed by atoms with E-state index in [1.165, 1.54) is 42.7 Å². The molecule has 0 spiro atoms. The third-order valence-corrected chi connectivity index (χ3v) is 2.35. The average molecular weight is 284 g/mol. The second kappa shape index (κ2) is 6.91. The lowest BCUT2D eigenvalue weighted by molar-refractivity contribution is -0.130. The van der Waals surface area contributed by atoms with Gasteiger partial charge in [0.15, 0.2) is 0 Å². The molecule has 0 saturated carbocycles. The zero-order valence-corrected chi connectivity index (χ0v) is 11.0. The highest BCUT2D eigenvalue weighted by atomic mass is 16.5. The van der Waals surface area contributed by atoms with Crippen molar-refractivity contribution < 1.29 is 23.5 Å². The molecule has 1 aromatic carbocycles. The second-order valence-corrected chi connectivity index (χ2v) is 3.87. The van der Waals surface area contributed by atoms with Crippen LogP contribution in [0.5, 0.6) is 11.5 Å². The van der Waals surface area contributed by atoms with Gasteiger partial charge in [0.05, 0.1) is 6.26 Å². The van der Waals surface area contributed by atoms with Crippen molar-refractivity contribution in [3.05, 3.63) is 67.2 Å². The number of rotatable bonds is 5. The predicted octanol–water partition coefficient (Wildman–Crippen LogP) is 2.99. The molecule has 0 fully saturated rings. The lowest BCUT2D eigenvalue weighted by atomic mass is 10.3. The number of benzene rings is 1. The van der Waals surface area contributed by atoms with Crippen molar-refractivity contribution in [2.45, 2.75) is 0 Å². The topological polar surface area (TPSA) is 65.7 Å². The maximum absolute atomic E-state index is 11.6. The van der Waals surface area contributed by atoms with Gasteiger partial charge in [-0.2, -0.15) is 0 Å². The molecule has 0 saturated heterocycles. The summed E-state index contributed by atoms with van der Waals surface area (Å²) in [6, 6.07) is 9.50. The minimum Gasteiger partial charge on any atom is -0.465 e. The molecule has 1 heterocycles. The van der Waals surface area contributed by atoms with E-state index in [-0.39, 0.29) is 0 Å². The van der Waals surface area contributed by atoms with Gasteiger partial charge < -0.3 is 13.9 Å². The smallest absolute Gasteiger partial charge is 0.336 e. The molecule has 5 nitrogen and oxygen atoms in total. The van der Waals surface area contributed by atoms with Crippen LogP contribution in [0.4, 0.5) is 0 Å². The Kier molecular flexibility index (Phi) is 4.71. The van der Waals surface area contributed by atoms with Crippen molar-refractivity contribution in [1.29, 1.82) is 0 Å². The van der Waals surface area contributed by atoms with Crippen LogP contribution >= 0.6 is 0 Å². The summed E-state index contributed by atoms with van der Waals surface area (Å²) in [5.74, 6) is 0.135. The number of ether oxygens (including phenoxy) is 2. The molecule has 1 aromatic heterocycles. The number of furan rings is 1. The Balaban J connectivity index is 1.92. The summed E-state index contributed by atoms with van der Waals surface area (Å²) in [4.78, 5) is 22.6. The highest BCUT2D eigenvalue weighted by Crippen LogP contribution is 2.18. The maximum atomic E-state index is 11.6. The zero-order valence-electron chi connectivity index (χ0n) is 11.0. The van der Waals surface area contributed by atoms with E-state index in [9.17, 15) is 9.59 Å². The van der Waals surface area contributed by atoms with Gasteiger partial charge in [0.25, 0.3) is 0 Å². The predicted molar refractivity (Wildman–Crippen MR) is 75.7 cm³/mol. The third kappa shape index (κ3) is 4.50. The molecule has 2 rings (SSSR count). The first kappa shape index (κ1) is 14.3. The summed E-state index contributed by atoms with van der Waals surface area (Å²) in [6.07, 6.45) is 5.33. The van der Waals surface area contributed by atoms with Crippen molar-refractivity contribution in [3.63, 3.8) is 0 Å². The minimum atomic E-state index is -0.555. The molecule has 0 atom stereocenters. The van der Waals surface area contributed by atoms with Gasteiger partial charge in [-0.1, -0.05) is 6.58 Å². The summed E-state index contributed by atoms with van der Waals surface area (Å²) < 4.78 is 15.0. The summed E-state index contributed by atoms with van der Waals surface area (Å²) in [5, 5.41) is 0. The quantitative estimate of drug-likeness (QED) is 0.479. The van der Waals surface area contributed by atoms with Crippen LogP contribution in [0.15, 0.2) is 65.8 Å². The highest BCUT2D eigenvalue weighted by molar-refractivity contribution is 5.88. The van der Waals surface area contributed by atoms with Crippen LogP contribution in [0.25, 0.3) is 6.08 Å². The van der Waals surface area contributed by atoms with Crippen LogP contribution < -0.4 is 9.47 Å². The third-order valence-electron chi connectivity index (χ3n) is 2.35. The summed E-state index contributed by atoms with van der Waals surface area (Å²) in [7, 11) is 0. The number of esters is 2. The Morgan fingerprint density at radius 3 is 2.14 bits per heavy atom. The average Bonchev–Trinajstić information content (AvgIpc) is 3.00. The van der Waals surface area contributed by atoms with Crippen molar-refractivity contribution in [2.75, 3.05) is 0 Å². The Labute approximate surface area is 121 Å². The SMILES string of the molecule is C=CC(=O)Oc1ccc(OC(=O)/C=C/c2ccco2)cc1. The Hall–Kier alpha value is -3.08. The van der Waals surface area contributed by atoms with Crippen molar-refractivity contribution in [1.82, 2.24) is 0 Å². The summed E-state index contributed by atoms with van der Waals surface area (Å²) in [5.41, 5.74) is 0. The van der Waals surface area contributed by atoms with E-state index in [1.807, 2.05) is 0 Å². The van der Waals surface area contributed by atoms with Gasteiger partial charge in [0.2, 0.25) is 0 Å². The van der Waals surface area contributed by atoms with Crippen LogP contribution in [-0.2, 0) is 9.59 Å². The monoisotopic (exact) mass is 284 g/mol. The zero-order chi connectivity index (χ0) is 15.1. The largest absolute Gasteiger partial charge is 0.465 e. The van der Waals surface area contributed by atoms with Crippen LogP contribution in [-0.4, -0.2) is 11.9 Å². The molecule has 0 aliphatic carbocycles. The molecule has 0 amide bonds. The van der Waals surface area contributed by atoms with Gasteiger partial charge in [0.1, 0.15) is 17.3 Å². The second-order valence-electron chi connectivity index (χ2n) is 3.87. The molecular weight excluding hydrogens is 272 g/mol. The normalized spacial score (nSPS) is 10.3. The van der Waals surface area contributed by atoms with Crippen LogP contribution in [0.1, 0.15) is 5.76 Å². The molecule has 0 N–H and O–H groups in total. The van der Waals surface area contributed by atoms with E-state index in [0.29, 0.717) is 17.3 Å². The Morgan fingerprint density at radius 2 is 1.62 bits per heavy atom. The fourth-order valence-corrected chi connectivity index (χ4v) is 1.42. The van der Waals surface area contributed by atoms with E-state index in [2.05, 4.69) is 6.58 Å². The highest BCUT2D eigenvalue weighted by Gasteiger charge is 2.03. The lowest BCUT2D eigenvalue weighted by Gasteiger charge is -2.03. The first-order valence-corrected chi connectivity index (χ1v) is 6.05. The van der Waals surface area contributed by atoms with Crippen LogP contribution in [0.2, 0.25) is 0 Å². The summed E-state index contributed by atoms with van der Waals surface area (Å²) >= 11 is 0. The fraction of sp³-hybridized carbons (Fsp3) is 0. The number of hydrogen-bond acceptors (Lipinski definition) is 5. The van der Waals surface area contributed by atoms with E-state index < -0.39 is 11.9 Å². The Morgan fingerprint density at radius 1 is 1.00 bits per heavy atom. The molecule has 0 bridgehead atoms. The molecule has 0 aliphatic heterocycles. The molecule has 0 radical (unpaired) electrons. The standard InChI is InChI=1S/C16H12O5/c1-2-15(17)20-13-5-7-14(8-6-13)21-16(18)10-9-12-4-3-11-19-12/h2-11H,1H2/b10-9+. The maximum Gasteiger partial charge on any atom is 0.336 e. The molecule has 0 unspecified atom stereocenters. The molecular formula is C16H12O5. The molecule has 0 aliphatic rings. The first-order valence-electron chi connectivity index (χ1n) is 6.05. The lowest BCUT2D eigenvalue weighted by Crippen LogP contribution is -2.05. The van der Waals surface area contributed by atoms with Crippen molar-refractivity contribution in [2.24, 2.45) is 0 Å². The van der Waals surface area contributed by atoms with E-state index >= 15 is 0 Å². The molecule has 2 aromatic rings. The number of carbonyl (C=O) groups is 2. The van der Waals surface area contributed by atoms with Crippen molar-refractivity contribution in [3.8, 4) is 11.5 Å².